The van der Waals surface area contributed by atoms with Gasteiger partial charge in [0.05, 0.1) is 0 Å². The topological polar surface area (TPSA) is 0 Å². The lowest BCUT2D eigenvalue weighted by Gasteiger charge is -2.25. The molecule has 0 heteroatoms. The van der Waals surface area contributed by atoms with E-state index in [2.05, 4.69) is 86.1 Å². The van der Waals surface area contributed by atoms with Crippen LogP contribution in [0.25, 0.3) is 0 Å². The van der Waals surface area contributed by atoms with Gasteiger partial charge in [0.1, 0.15) is 0 Å². The Hall–Kier alpha value is -2.44. The van der Waals surface area contributed by atoms with Crippen LogP contribution < -0.4 is 0 Å². The van der Waals surface area contributed by atoms with E-state index in [0.29, 0.717) is 5.92 Å². The number of benzene rings is 2. The van der Waals surface area contributed by atoms with Crippen LogP contribution in [0.15, 0.2) is 48.5 Å². The van der Waals surface area contributed by atoms with E-state index in [1.807, 2.05) is 0 Å². The highest BCUT2D eigenvalue weighted by Gasteiger charge is 2.18. The maximum atomic E-state index is 3.51. The molecule has 1 aliphatic rings. The Bertz CT molecular complexity index is 856. The van der Waals surface area contributed by atoms with Crippen LogP contribution in [0.5, 0.6) is 0 Å². The van der Waals surface area contributed by atoms with Gasteiger partial charge in [0.2, 0.25) is 0 Å². The second kappa shape index (κ2) is 10.8. The molecule has 1 saturated carbocycles. The second-order valence-electron chi connectivity index (χ2n) is 8.01. The highest BCUT2D eigenvalue weighted by Crippen LogP contribution is 2.31. The summed E-state index contributed by atoms with van der Waals surface area (Å²) in [6, 6.07) is 16.9. The largest absolute Gasteiger partial charge is 0.0945 e. The van der Waals surface area contributed by atoms with Crippen LogP contribution in [-0.2, 0) is 6.42 Å². The predicted molar refractivity (Wildman–Crippen MR) is 120 cm³/mol. The van der Waals surface area contributed by atoms with Gasteiger partial charge in [0.25, 0.3) is 0 Å². The normalized spacial score (nSPS) is 18.5. The average molecular weight is 369 g/mol. The van der Waals surface area contributed by atoms with Crippen molar-refractivity contribution in [2.45, 2.75) is 65.2 Å². The fraction of sp³-hybridized carbons (Fsp3) is 0.429. The molecule has 3 rings (SSSR count). The molecule has 0 nitrogen and oxygen atoms in total. The van der Waals surface area contributed by atoms with Crippen LogP contribution in [0.3, 0.4) is 0 Å². The number of hydrogen-bond donors (Lipinski definition) is 0. The summed E-state index contributed by atoms with van der Waals surface area (Å²) in [5.74, 6) is 15.1. The lowest BCUT2D eigenvalue weighted by Crippen LogP contribution is -2.13. The lowest BCUT2D eigenvalue weighted by molar-refractivity contribution is 0.300. The maximum absolute atomic E-state index is 3.51. The van der Waals surface area contributed by atoms with E-state index in [4.69, 9.17) is 0 Å². The minimum absolute atomic E-state index is 0.586. The molecule has 0 N–H and O–H groups in total. The molecule has 144 valence electrons. The van der Waals surface area contributed by atoms with E-state index in [1.54, 1.807) is 0 Å². The number of rotatable bonds is 4. The molecular formula is C28H32. The Balaban J connectivity index is 1.60. The zero-order valence-electron chi connectivity index (χ0n) is 17.4. The molecule has 0 radical (unpaired) electrons. The Morgan fingerprint density at radius 1 is 0.750 bits per heavy atom. The number of hydrogen-bond acceptors (Lipinski definition) is 0. The maximum Gasteiger partial charge on any atom is 0.0281 e. The van der Waals surface area contributed by atoms with E-state index in [-0.39, 0.29) is 0 Å². The fourth-order valence-corrected chi connectivity index (χ4v) is 4.10. The summed E-state index contributed by atoms with van der Waals surface area (Å²) in [6.45, 7) is 4.50. The summed E-state index contributed by atoms with van der Waals surface area (Å²) in [5, 5.41) is 0. The Labute approximate surface area is 171 Å². The SMILES string of the molecule is CCCc1ccccc1C#Cc1ccc(C#CC2CCC(CCC)CC2)cc1. The molecule has 28 heavy (non-hydrogen) atoms. The zero-order valence-corrected chi connectivity index (χ0v) is 17.4. The van der Waals surface area contributed by atoms with Crippen molar-refractivity contribution in [1.29, 1.82) is 0 Å². The first-order chi connectivity index (χ1) is 13.8. The molecular weight excluding hydrogens is 336 g/mol. The molecule has 1 aliphatic carbocycles. The van der Waals surface area contributed by atoms with Crippen molar-refractivity contribution in [1.82, 2.24) is 0 Å². The summed E-state index contributed by atoms with van der Waals surface area (Å²) >= 11 is 0. The van der Waals surface area contributed by atoms with Gasteiger partial charge in [-0.2, -0.15) is 0 Å². The molecule has 0 amide bonds. The zero-order chi connectivity index (χ0) is 19.6. The van der Waals surface area contributed by atoms with Crippen molar-refractivity contribution >= 4 is 0 Å². The molecule has 0 aliphatic heterocycles. The molecule has 2 aromatic carbocycles. The van der Waals surface area contributed by atoms with E-state index in [9.17, 15) is 0 Å². The van der Waals surface area contributed by atoms with Crippen molar-refractivity contribution in [3.05, 3.63) is 70.8 Å². The smallest absolute Gasteiger partial charge is 0.0281 e. The fourth-order valence-electron chi connectivity index (χ4n) is 4.10. The van der Waals surface area contributed by atoms with Gasteiger partial charge < -0.3 is 0 Å². The standard InChI is InChI=1S/C28H32/c1-3-7-23-11-13-24(14-12-23)15-16-25-17-19-26(20-18-25)21-22-28-10-6-5-9-27(28)8-4-2/h5-6,9-10,17-20,23-24H,3-4,7-8,11-14H2,1-2H3. The molecule has 0 bridgehead atoms. The van der Waals surface area contributed by atoms with Crippen molar-refractivity contribution in [2.75, 3.05) is 0 Å². The molecule has 0 spiro atoms. The molecule has 0 aromatic heterocycles. The Kier molecular flexibility index (Phi) is 7.82. The minimum Gasteiger partial charge on any atom is -0.0945 e. The van der Waals surface area contributed by atoms with E-state index in [1.165, 1.54) is 44.1 Å². The van der Waals surface area contributed by atoms with Crippen LogP contribution >= 0.6 is 0 Å². The molecule has 0 unspecified atom stereocenters. The molecule has 0 saturated heterocycles. The third kappa shape index (κ3) is 6.04. The second-order valence-corrected chi connectivity index (χ2v) is 8.01. The summed E-state index contributed by atoms with van der Waals surface area (Å²) in [4.78, 5) is 0. The van der Waals surface area contributed by atoms with Crippen molar-refractivity contribution < 1.29 is 0 Å². The van der Waals surface area contributed by atoms with Gasteiger partial charge in [-0.15, -0.1) is 0 Å². The predicted octanol–water partition coefficient (Wildman–Crippen LogP) is 7.00. The van der Waals surface area contributed by atoms with Crippen LogP contribution in [0.2, 0.25) is 0 Å². The van der Waals surface area contributed by atoms with E-state index >= 15 is 0 Å². The third-order valence-corrected chi connectivity index (χ3v) is 5.73. The Morgan fingerprint density at radius 2 is 1.43 bits per heavy atom. The summed E-state index contributed by atoms with van der Waals surface area (Å²) in [7, 11) is 0. The highest BCUT2D eigenvalue weighted by atomic mass is 14.2. The van der Waals surface area contributed by atoms with Gasteiger partial charge in [-0.25, -0.2) is 0 Å². The molecule has 1 fully saturated rings. The van der Waals surface area contributed by atoms with Crippen LogP contribution in [0.1, 0.15) is 81.0 Å². The van der Waals surface area contributed by atoms with Gasteiger partial charge in [-0.05, 0) is 73.9 Å². The quantitative estimate of drug-likeness (QED) is 0.510. The van der Waals surface area contributed by atoms with Crippen molar-refractivity contribution in [2.24, 2.45) is 11.8 Å². The van der Waals surface area contributed by atoms with Gasteiger partial charge in [-0.1, -0.05) is 75.0 Å². The first kappa shape index (κ1) is 20.3. The van der Waals surface area contributed by atoms with Crippen molar-refractivity contribution in [3.63, 3.8) is 0 Å². The van der Waals surface area contributed by atoms with Crippen LogP contribution in [-0.4, -0.2) is 0 Å². The monoisotopic (exact) mass is 368 g/mol. The molecule has 0 atom stereocenters. The Morgan fingerprint density at radius 3 is 2.11 bits per heavy atom. The molecule has 2 aromatic rings. The third-order valence-electron chi connectivity index (χ3n) is 5.73. The van der Waals surface area contributed by atoms with Gasteiger partial charge >= 0.3 is 0 Å². The summed E-state index contributed by atoms with van der Waals surface area (Å²) in [6.07, 6.45) is 10.2. The van der Waals surface area contributed by atoms with E-state index in [0.717, 1.165) is 35.4 Å². The first-order valence-corrected chi connectivity index (χ1v) is 11.0. The molecule has 0 heterocycles. The van der Waals surface area contributed by atoms with Crippen LogP contribution in [0, 0.1) is 35.5 Å². The van der Waals surface area contributed by atoms with Crippen molar-refractivity contribution in [3.8, 4) is 23.7 Å². The summed E-state index contributed by atoms with van der Waals surface area (Å²) in [5.41, 5.74) is 4.64. The van der Waals surface area contributed by atoms with Crippen LogP contribution in [0.4, 0.5) is 0 Å². The average Bonchev–Trinajstić information content (AvgIpc) is 2.74. The van der Waals surface area contributed by atoms with E-state index < -0.39 is 0 Å². The van der Waals surface area contributed by atoms with Gasteiger partial charge in [-0.3, -0.25) is 0 Å². The number of aryl methyl sites for hydroxylation is 1. The summed E-state index contributed by atoms with van der Waals surface area (Å²) < 4.78 is 0. The first-order valence-electron chi connectivity index (χ1n) is 11.0. The minimum atomic E-state index is 0.586. The lowest BCUT2D eigenvalue weighted by atomic mass is 9.80. The van der Waals surface area contributed by atoms with Gasteiger partial charge in [0.15, 0.2) is 0 Å². The highest BCUT2D eigenvalue weighted by molar-refractivity contribution is 5.48. The van der Waals surface area contributed by atoms with Gasteiger partial charge in [0, 0.05) is 22.6 Å².